The molecule has 0 fully saturated rings. The third kappa shape index (κ3) is 5.99. The van der Waals surface area contributed by atoms with E-state index in [4.69, 9.17) is 0 Å². The summed E-state index contributed by atoms with van der Waals surface area (Å²) in [6.45, 7) is 1.23. The van der Waals surface area contributed by atoms with Gasteiger partial charge in [0.15, 0.2) is 0 Å². The fourth-order valence-corrected chi connectivity index (χ4v) is 1.25. The minimum Gasteiger partial charge on any atom is -0.435 e. The van der Waals surface area contributed by atoms with Crippen molar-refractivity contribution in [3.05, 3.63) is 65.7 Å². The molecular weight excluding hydrogens is 234 g/mol. The molecule has 0 aliphatic heterocycles. The fraction of sp³-hybridized carbons (Fsp3) is 0.200. The summed E-state index contributed by atoms with van der Waals surface area (Å²) in [5.41, 5.74) is 2.34. The van der Waals surface area contributed by atoms with Crippen LogP contribution >= 0.6 is 0 Å². The minimum atomic E-state index is -2.74. The highest BCUT2D eigenvalue weighted by atomic mass is 19.3. The van der Waals surface area contributed by atoms with E-state index in [9.17, 15) is 8.78 Å². The summed E-state index contributed by atoms with van der Waals surface area (Å²) in [5, 5.41) is 0. The molecule has 96 valence electrons. The Bertz CT molecular complexity index is 438. The number of benzene rings is 2. The molecule has 0 radical (unpaired) electrons. The Labute approximate surface area is 106 Å². The van der Waals surface area contributed by atoms with E-state index in [1.165, 1.54) is 17.7 Å². The summed E-state index contributed by atoms with van der Waals surface area (Å²) in [5.74, 6) is 0.200. The maximum Gasteiger partial charge on any atom is 0.387 e. The van der Waals surface area contributed by atoms with Gasteiger partial charge in [-0.15, -0.1) is 0 Å². The zero-order valence-corrected chi connectivity index (χ0v) is 10.4. The molecule has 0 N–H and O–H groups in total. The molecule has 0 saturated carbocycles. The first-order chi connectivity index (χ1) is 8.58. The van der Waals surface area contributed by atoms with Crippen molar-refractivity contribution in [3.63, 3.8) is 0 Å². The van der Waals surface area contributed by atoms with Gasteiger partial charge in [0.2, 0.25) is 0 Å². The normalized spacial score (nSPS) is 9.61. The van der Waals surface area contributed by atoms with Crippen LogP contribution in [0.15, 0.2) is 54.6 Å². The third-order valence-corrected chi connectivity index (χ3v) is 2.19. The van der Waals surface area contributed by atoms with Gasteiger partial charge in [0.05, 0.1) is 0 Å². The Morgan fingerprint density at radius 3 is 1.67 bits per heavy atom. The van der Waals surface area contributed by atoms with E-state index < -0.39 is 6.61 Å². The average Bonchev–Trinajstić information content (AvgIpc) is 2.33. The van der Waals surface area contributed by atoms with Gasteiger partial charge < -0.3 is 4.74 Å². The smallest absolute Gasteiger partial charge is 0.387 e. The number of alkyl halides is 2. The zero-order valence-electron chi connectivity index (χ0n) is 10.4. The molecule has 18 heavy (non-hydrogen) atoms. The van der Waals surface area contributed by atoms with E-state index in [0.717, 1.165) is 5.56 Å². The molecule has 0 heterocycles. The summed E-state index contributed by atoms with van der Waals surface area (Å²) in [6, 6.07) is 16.7. The molecule has 0 bridgehead atoms. The molecule has 0 aliphatic carbocycles. The Kier molecular flexibility index (Phi) is 5.85. The molecule has 0 aliphatic rings. The standard InChI is InChI=1S/C8H8F2O.C7H8/c1-6-2-4-7(5-3-6)11-8(9)10;1-7-5-3-2-4-6-7/h2-5,8H,1H3;2-6H,1H3. The van der Waals surface area contributed by atoms with Crippen LogP contribution in [0.3, 0.4) is 0 Å². The molecule has 2 rings (SSSR count). The Balaban J connectivity index is 0.000000199. The van der Waals surface area contributed by atoms with E-state index >= 15 is 0 Å². The summed E-state index contributed by atoms with van der Waals surface area (Å²) in [4.78, 5) is 0. The van der Waals surface area contributed by atoms with Gasteiger partial charge in [0.25, 0.3) is 0 Å². The molecule has 0 spiro atoms. The van der Waals surface area contributed by atoms with Crippen molar-refractivity contribution in [2.45, 2.75) is 20.5 Å². The molecule has 2 aromatic carbocycles. The largest absolute Gasteiger partial charge is 0.435 e. The topological polar surface area (TPSA) is 9.23 Å². The van der Waals surface area contributed by atoms with Crippen LogP contribution in [0.4, 0.5) is 8.78 Å². The summed E-state index contributed by atoms with van der Waals surface area (Å²) in [7, 11) is 0. The van der Waals surface area contributed by atoms with Crippen molar-refractivity contribution in [1.29, 1.82) is 0 Å². The first kappa shape index (κ1) is 14.2. The lowest BCUT2D eigenvalue weighted by Crippen LogP contribution is -2.01. The van der Waals surface area contributed by atoms with Gasteiger partial charge >= 0.3 is 6.61 Å². The molecule has 0 saturated heterocycles. The number of rotatable bonds is 2. The van der Waals surface area contributed by atoms with Crippen LogP contribution in [0.1, 0.15) is 11.1 Å². The highest BCUT2D eigenvalue weighted by Gasteiger charge is 2.01. The quantitative estimate of drug-likeness (QED) is 0.757. The van der Waals surface area contributed by atoms with Crippen LogP contribution < -0.4 is 4.74 Å². The van der Waals surface area contributed by atoms with Crippen molar-refractivity contribution in [2.75, 3.05) is 0 Å². The molecule has 3 heteroatoms. The molecule has 2 aromatic rings. The van der Waals surface area contributed by atoms with Crippen LogP contribution in [0.25, 0.3) is 0 Å². The van der Waals surface area contributed by atoms with Crippen molar-refractivity contribution in [1.82, 2.24) is 0 Å². The minimum absolute atomic E-state index is 0.200. The van der Waals surface area contributed by atoms with Gasteiger partial charge in [-0.2, -0.15) is 8.78 Å². The predicted octanol–water partition coefficient (Wildman–Crippen LogP) is 4.59. The predicted molar refractivity (Wildman–Crippen MR) is 69.0 cm³/mol. The van der Waals surface area contributed by atoms with Gasteiger partial charge in [-0.05, 0) is 26.0 Å². The van der Waals surface area contributed by atoms with Gasteiger partial charge in [-0.3, -0.25) is 0 Å². The van der Waals surface area contributed by atoms with Crippen molar-refractivity contribution in [2.24, 2.45) is 0 Å². The first-order valence-corrected chi connectivity index (χ1v) is 5.61. The van der Waals surface area contributed by atoms with Crippen LogP contribution in [-0.4, -0.2) is 6.61 Å². The van der Waals surface area contributed by atoms with Crippen LogP contribution in [-0.2, 0) is 0 Å². The average molecular weight is 250 g/mol. The summed E-state index contributed by atoms with van der Waals surface area (Å²) < 4.78 is 27.3. The molecule has 0 amide bonds. The zero-order chi connectivity index (χ0) is 13.4. The second kappa shape index (κ2) is 7.43. The van der Waals surface area contributed by atoms with E-state index in [1.807, 2.05) is 25.1 Å². The lowest BCUT2D eigenvalue weighted by molar-refractivity contribution is -0.0498. The number of ether oxygens (including phenoxy) is 1. The van der Waals surface area contributed by atoms with Gasteiger partial charge in [0.1, 0.15) is 5.75 Å². The van der Waals surface area contributed by atoms with Gasteiger partial charge in [-0.25, -0.2) is 0 Å². The fourth-order valence-electron chi connectivity index (χ4n) is 1.25. The number of halogens is 2. The molecular formula is C15H16F2O. The monoisotopic (exact) mass is 250 g/mol. The number of hydrogen-bond donors (Lipinski definition) is 0. The highest BCUT2D eigenvalue weighted by Crippen LogP contribution is 2.13. The van der Waals surface area contributed by atoms with E-state index in [-0.39, 0.29) is 5.75 Å². The highest BCUT2D eigenvalue weighted by molar-refractivity contribution is 5.26. The van der Waals surface area contributed by atoms with E-state index in [2.05, 4.69) is 23.8 Å². The second-order valence-corrected chi connectivity index (χ2v) is 3.85. The maximum absolute atomic E-state index is 11.6. The molecule has 0 atom stereocenters. The van der Waals surface area contributed by atoms with Crippen LogP contribution in [0.5, 0.6) is 5.75 Å². The van der Waals surface area contributed by atoms with Crippen molar-refractivity contribution >= 4 is 0 Å². The second-order valence-electron chi connectivity index (χ2n) is 3.85. The number of hydrogen-bond acceptors (Lipinski definition) is 1. The molecule has 1 nitrogen and oxygen atoms in total. The Morgan fingerprint density at radius 2 is 1.28 bits per heavy atom. The lowest BCUT2D eigenvalue weighted by Gasteiger charge is -2.02. The summed E-state index contributed by atoms with van der Waals surface area (Å²) in [6.07, 6.45) is 0. The molecule has 0 unspecified atom stereocenters. The van der Waals surface area contributed by atoms with Gasteiger partial charge in [-0.1, -0.05) is 53.6 Å². The van der Waals surface area contributed by atoms with Gasteiger partial charge in [0, 0.05) is 0 Å². The number of aryl methyl sites for hydroxylation is 2. The van der Waals surface area contributed by atoms with Crippen LogP contribution in [0, 0.1) is 13.8 Å². The molecule has 0 aromatic heterocycles. The Morgan fingerprint density at radius 1 is 0.778 bits per heavy atom. The SMILES string of the molecule is Cc1ccc(OC(F)F)cc1.Cc1ccccc1. The van der Waals surface area contributed by atoms with E-state index in [0.29, 0.717) is 0 Å². The first-order valence-electron chi connectivity index (χ1n) is 5.61. The van der Waals surface area contributed by atoms with Crippen LogP contribution in [0.2, 0.25) is 0 Å². The van der Waals surface area contributed by atoms with E-state index in [1.54, 1.807) is 12.1 Å². The maximum atomic E-state index is 11.6. The lowest BCUT2D eigenvalue weighted by atomic mass is 10.2. The Hall–Kier alpha value is -1.90. The van der Waals surface area contributed by atoms with Crippen molar-refractivity contribution < 1.29 is 13.5 Å². The summed E-state index contributed by atoms with van der Waals surface area (Å²) >= 11 is 0. The van der Waals surface area contributed by atoms with Crippen molar-refractivity contribution in [3.8, 4) is 5.75 Å². The third-order valence-electron chi connectivity index (χ3n) is 2.19.